The first-order chi connectivity index (χ1) is 7.15. The third kappa shape index (κ3) is 1.73. The van der Waals surface area contributed by atoms with E-state index in [1.54, 1.807) is 0 Å². The molecule has 0 radical (unpaired) electrons. The van der Waals surface area contributed by atoms with Crippen molar-refractivity contribution in [2.75, 3.05) is 0 Å². The highest BCUT2D eigenvalue weighted by Gasteiger charge is 2.33. The maximum absolute atomic E-state index is 11.2. The van der Waals surface area contributed by atoms with Crippen LogP contribution in [0.5, 0.6) is 0 Å². The highest BCUT2D eigenvalue weighted by molar-refractivity contribution is 5.92. The molecule has 82 valence electrons. The summed E-state index contributed by atoms with van der Waals surface area (Å²) in [5.41, 5.74) is 6.58. The molecule has 1 unspecified atom stereocenters. The summed E-state index contributed by atoms with van der Waals surface area (Å²) in [6.07, 6.45) is 3.20. The predicted octanol–water partition coefficient (Wildman–Crippen LogP) is 1.23. The van der Waals surface area contributed by atoms with Crippen LogP contribution in [-0.4, -0.2) is 20.9 Å². The molecule has 2 rings (SSSR count). The quantitative estimate of drug-likeness (QED) is 0.808. The van der Waals surface area contributed by atoms with Crippen LogP contribution in [0, 0.1) is 0 Å². The van der Waals surface area contributed by atoms with Gasteiger partial charge in [0.15, 0.2) is 5.69 Å². The van der Waals surface area contributed by atoms with Crippen LogP contribution in [0.15, 0.2) is 0 Å². The average Bonchev–Trinajstić information content (AvgIpc) is 2.95. The molecule has 5 heteroatoms. The maximum atomic E-state index is 11.2. The van der Waals surface area contributed by atoms with Crippen LogP contribution < -0.4 is 5.73 Å². The van der Waals surface area contributed by atoms with Crippen molar-refractivity contribution in [3.8, 4) is 0 Å². The molecule has 0 spiro atoms. The summed E-state index contributed by atoms with van der Waals surface area (Å²) in [6, 6.07) is 0.279. The molecule has 1 atom stereocenters. The van der Waals surface area contributed by atoms with Crippen LogP contribution in [0.1, 0.15) is 61.3 Å². The molecule has 0 aliphatic heterocycles. The molecule has 1 aliphatic carbocycles. The van der Waals surface area contributed by atoms with Gasteiger partial charge in [-0.3, -0.25) is 4.79 Å². The van der Waals surface area contributed by atoms with Crippen molar-refractivity contribution in [3.63, 3.8) is 0 Å². The summed E-state index contributed by atoms with van der Waals surface area (Å²) in [5.74, 6) is -0.0250. The van der Waals surface area contributed by atoms with Crippen molar-refractivity contribution in [2.24, 2.45) is 5.73 Å². The second-order valence-electron chi connectivity index (χ2n) is 4.16. The lowest BCUT2D eigenvalue weighted by Crippen LogP contribution is -2.16. The number of rotatable bonds is 4. The third-order valence-electron chi connectivity index (χ3n) is 2.94. The smallest absolute Gasteiger partial charge is 0.271 e. The Morgan fingerprint density at radius 3 is 2.80 bits per heavy atom. The number of nitrogens with two attached hydrogens (primary N) is 1. The van der Waals surface area contributed by atoms with Crippen molar-refractivity contribution < 1.29 is 4.79 Å². The van der Waals surface area contributed by atoms with E-state index in [4.69, 9.17) is 5.73 Å². The molecule has 1 aliphatic rings. The van der Waals surface area contributed by atoms with Crippen LogP contribution in [0.4, 0.5) is 0 Å². The average molecular weight is 208 g/mol. The second kappa shape index (κ2) is 3.64. The lowest BCUT2D eigenvalue weighted by Gasteiger charge is -2.12. The minimum Gasteiger partial charge on any atom is -0.364 e. The van der Waals surface area contributed by atoms with Gasteiger partial charge in [-0.1, -0.05) is 12.1 Å². The molecular formula is C10H16N4O. The Balaban J connectivity index is 2.42. The van der Waals surface area contributed by atoms with Gasteiger partial charge >= 0.3 is 0 Å². The number of carbonyl (C=O) groups excluding carboxylic acids is 1. The van der Waals surface area contributed by atoms with E-state index >= 15 is 0 Å². The van der Waals surface area contributed by atoms with Crippen molar-refractivity contribution >= 4 is 5.91 Å². The highest BCUT2D eigenvalue weighted by Crippen LogP contribution is 2.42. The molecule has 1 saturated carbocycles. The van der Waals surface area contributed by atoms with E-state index in [2.05, 4.69) is 24.2 Å². The SMILES string of the molecule is CCC(C)n1nnc(C(N)=O)c1C1CC1. The van der Waals surface area contributed by atoms with Gasteiger partial charge in [-0.05, 0) is 26.2 Å². The first-order valence-corrected chi connectivity index (χ1v) is 5.40. The van der Waals surface area contributed by atoms with Gasteiger partial charge in [0.05, 0.1) is 11.7 Å². The monoisotopic (exact) mass is 208 g/mol. The third-order valence-corrected chi connectivity index (χ3v) is 2.94. The Hall–Kier alpha value is -1.39. The first kappa shape index (κ1) is 10.1. The van der Waals surface area contributed by atoms with Crippen LogP contribution in [0.3, 0.4) is 0 Å². The summed E-state index contributed by atoms with van der Waals surface area (Å²) < 4.78 is 1.86. The van der Waals surface area contributed by atoms with Gasteiger partial charge in [-0.25, -0.2) is 4.68 Å². The van der Waals surface area contributed by atoms with Gasteiger partial charge in [0, 0.05) is 5.92 Å². The Kier molecular flexibility index (Phi) is 2.46. The lowest BCUT2D eigenvalue weighted by molar-refractivity contribution is 0.0994. The number of hydrogen-bond acceptors (Lipinski definition) is 3. The van der Waals surface area contributed by atoms with Gasteiger partial charge < -0.3 is 5.73 Å². The highest BCUT2D eigenvalue weighted by atomic mass is 16.1. The van der Waals surface area contributed by atoms with Crippen molar-refractivity contribution in [1.82, 2.24) is 15.0 Å². The van der Waals surface area contributed by atoms with Gasteiger partial charge in [0.25, 0.3) is 5.91 Å². The molecule has 0 saturated heterocycles. The Bertz CT molecular complexity index is 381. The lowest BCUT2D eigenvalue weighted by atomic mass is 10.2. The largest absolute Gasteiger partial charge is 0.364 e. The second-order valence-corrected chi connectivity index (χ2v) is 4.16. The van der Waals surface area contributed by atoms with Gasteiger partial charge in [-0.2, -0.15) is 0 Å². The van der Waals surface area contributed by atoms with Gasteiger partial charge in [0.2, 0.25) is 0 Å². The number of aromatic nitrogens is 3. The molecular weight excluding hydrogens is 192 g/mol. The summed E-state index contributed by atoms with van der Waals surface area (Å²) in [5, 5.41) is 7.92. The molecule has 1 aromatic rings. The maximum Gasteiger partial charge on any atom is 0.271 e. The van der Waals surface area contributed by atoms with Crippen molar-refractivity contribution in [2.45, 2.75) is 45.1 Å². The van der Waals surface area contributed by atoms with E-state index in [-0.39, 0.29) is 6.04 Å². The standard InChI is InChI=1S/C10H16N4O/c1-3-6(2)14-9(7-4-5-7)8(10(11)15)12-13-14/h6-7H,3-5H2,1-2H3,(H2,11,15). The predicted molar refractivity (Wildman–Crippen MR) is 55.5 cm³/mol. The van der Waals surface area contributed by atoms with Crippen LogP contribution in [0.2, 0.25) is 0 Å². The minimum atomic E-state index is -0.466. The van der Waals surface area contributed by atoms with E-state index in [1.165, 1.54) is 0 Å². The Morgan fingerprint density at radius 2 is 2.33 bits per heavy atom. The molecule has 2 N–H and O–H groups in total. The van der Waals surface area contributed by atoms with E-state index in [9.17, 15) is 4.79 Å². The Labute approximate surface area is 88.6 Å². The van der Waals surface area contributed by atoms with E-state index in [1.807, 2.05) is 4.68 Å². The summed E-state index contributed by atoms with van der Waals surface area (Å²) in [6.45, 7) is 4.16. The molecule has 0 aromatic carbocycles. The number of carbonyl (C=O) groups is 1. The molecule has 1 heterocycles. The minimum absolute atomic E-state index is 0.279. The molecule has 15 heavy (non-hydrogen) atoms. The number of hydrogen-bond donors (Lipinski definition) is 1. The molecule has 1 fully saturated rings. The van der Waals surface area contributed by atoms with Crippen molar-refractivity contribution in [1.29, 1.82) is 0 Å². The normalized spacial score (nSPS) is 17.7. The zero-order valence-corrected chi connectivity index (χ0v) is 9.10. The van der Waals surface area contributed by atoms with Gasteiger partial charge in [-0.15, -0.1) is 5.10 Å². The zero-order valence-electron chi connectivity index (χ0n) is 9.10. The number of primary amides is 1. The topological polar surface area (TPSA) is 73.8 Å². The fourth-order valence-corrected chi connectivity index (χ4v) is 1.71. The van der Waals surface area contributed by atoms with Crippen molar-refractivity contribution in [3.05, 3.63) is 11.4 Å². The molecule has 1 aromatic heterocycles. The number of nitrogens with zero attached hydrogens (tertiary/aromatic N) is 3. The summed E-state index contributed by atoms with van der Waals surface area (Å²) in [7, 11) is 0. The molecule has 1 amide bonds. The fraction of sp³-hybridized carbons (Fsp3) is 0.700. The van der Waals surface area contributed by atoms with Crippen LogP contribution >= 0.6 is 0 Å². The van der Waals surface area contributed by atoms with E-state index in [0.29, 0.717) is 11.6 Å². The van der Waals surface area contributed by atoms with E-state index < -0.39 is 5.91 Å². The van der Waals surface area contributed by atoms with Crippen LogP contribution in [0.25, 0.3) is 0 Å². The van der Waals surface area contributed by atoms with E-state index in [0.717, 1.165) is 25.0 Å². The summed E-state index contributed by atoms with van der Waals surface area (Å²) >= 11 is 0. The summed E-state index contributed by atoms with van der Waals surface area (Å²) in [4.78, 5) is 11.2. The molecule has 5 nitrogen and oxygen atoms in total. The Morgan fingerprint density at radius 1 is 1.67 bits per heavy atom. The van der Waals surface area contributed by atoms with Gasteiger partial charge in [0.1, 0.15) is 0 Å². The van der Waals surface area contributed by atoms with Crippen LogP contribution in [-0.2, 0) is 0 Å². The zero-order chi connectivity index (χ0) is 11.0. The number of amides is 1. The molecule has 0 bridgehead atoms. The first-order valence-electron chi connectivity index (χ1n) is 5.40. The fourth-order valence-electron chi connectivity index (χ4n) is 1.71.